The van der Waals surface area contributed by atoms with Crippen LogP contribution in [0.2, 0.25) is 0 Å². The van der Waals surface area contributed by atoms with E-state index in [0.29, 0.717) is 11.4 Å². The van der Waals surface area contributed by atoms with Crippen molar-refractivity contribution in [3.8, 4) is 5.75 Å². The number of halogens is 2. The molecule has 0 radical (unpaired) electrons. The molecule has 2 aromatic carbocycles. The Balaban J connectivity index is 1.98. The van der Waals surface area contributed by atoms with E-state index < -0.39 is 29.9 Å². The van der Waals surface area contributed by atoms with E-state index in [0.717, 1.165) is 17.7 Å². The van der Waals surface area contributed by atoms with Gasteiger partial charge in [-0.1, -0.05) is 6.07 Å². The van der Waals surface area contributed by atoms with Crippen molar-refractivity contribution in [3.63, 3.8) is 0 Å². The van der Waals surface area contributed by atoms with Gasteiger partial charge in [0, 0.05) is 11.8 Å². The summed E-state index contributed by atoms with van der Waals surface area (Å²) >= 11 is 0. The van der Waals surface area contributed by atoms with Crippen molar-refractivity contribution in [1.29, 1.82) is 0 Å². The van der Waals surface area contributed by atoms with Crippen molar-refractivity contribution in [2.45, 2.75) is 13.3 Å². The third-order valence-corrected chi connectivity index (χ3v) is 3.15. The lowest BCUT2D eigenvalue weighted by Gasteiger charge is -2.11. The van der Waals surface area contributed by atoms with E-state index in [1.54, 1.807) is 12.1 Å². The molecular weight excluding hydrogens is 318 g/mol. The Morgan fingerprint density at radius 1 is 1.00 bits per heavy atom. The number of ether oxygens (including phenoxy) is 1. The highest BCUT2D eigenvalue weighted by atomic mass is 19.2. The molecule has 0 atom stereocenters. The van der Waals surface area contributed by atoms with Crippen molar-refractivity contribution in [1.82, 2.24) is 0 Å². The first-order valence-electron chi connectivity index (χ1n) is 7.08. The Bertz CT molecular complexity index is 778. The number of nitrogens with one attached hydrogen (secondary N) is 2. The van der Waals surface area contributed by atoms with Crippen molar-refractivity contribution in [2.75, 3.05) is 17.7 Å². The first-order chi connectivity index (χ1) is 11.4. The normalized spacial score (nSPS) is 10.2. The van der Waals surface area contributed by atoms with Gasteiger partial charge in [-0.3, -0.25) is 9.59 Å². The molecular formula is C17H16F2N2O3. The van der Waals surface area contributed by atoms with Gasteiger partial charge in [0.25, 0.3) is 0 Å². The van der Waals surface area contributed by atoms with E-state index >= 15 is 0 Å². The van der Waals surface area contributed by atoms with Crippen LogP contribution >= 0.6 is 0 Å². The highest BCUT2D eigenvalue weighted by Crippen LogP contribution is 2.25. The van der Waals surface area contributed by atoms with Gasteiger partial charge in [0.2, 0.25) is 11.8 Å². The van der Waals surface area contributed by atoms with E-state index in [1.807, 2.05) is 13.0 Å². The van der Waals surface area contributed by atoms with Gasteiger partial charge in [0.1, 0.15) is 12.2 Å². The molecule has 0 aliphatic rings. The fourth-order valence-electron chi connectivity index (χ4n) is 2.04. The summed E-state index contributed by atoms with van der Waals surface area (Å²) in [4.78, 5) is 23.8. The number of rotatable bonds is 5. The summed E-state index contributed by atoms with van der Waals surface area (Å²) in [5.74, 6) is -2.84. The Morgan fingerprint density at radius 3 is 2.38 bits per heavy atom. The SMILES string of the molecule is COc1ccc(C)cc1NC(=O)CC(=O)Nc1ccc(F)c(F)c1. The second-order valence-corrected chi connectivity index (χ2v) is 5.11. The van der Waals surface area contributed by atoms with E-state index in [2.05, 4.69) is 10.6 Å². The molecule has 0 heterocycles. The lowest BCUT2D eigenvalue weighted by atomic mass is 10.2. The Morgan fingerprint density at radius 2 is 1.71 bits per heavy atom. The van der Waals surface area contributed by atoms with Crippen LogP contribution in [0.4, 0.5) is 20.2 Å². The van der Waals surface area contributed by atoms with Gasteiger partial charge in [-0.15, -0.1) is 0 Å². The molecule has 24 heavy (non-hydrogen) atoms. The lowest BCUT2D eigenvalue weighted by Crippen LogP contribution is -2.21. The molecule has 0 saturated carbocycles. The third kappa shape index (κ3) is 4.52. The first kappa shape index (κ1) is 17.4. The van der Waals surface area contributed by atoms with Gasteiger partial charge in [0.05, 0.1) is 12.8 Å². The van der Waals surface area contributed by atoms with Gasteiger partial charge in [-0.25, -0.2) is 8.78 Å². The molecule has 2 aromatic rings. The molecule has 7 heteroatoms. The van der Waals surface area contributed by atoms with E-state index in [-0.39, 0.29) is 5.69 Å². The van der Waals surface area contributed by atoms with Crippen LogP contribution < -0.4 is 15.4 Å². The van der Waals surface area contributed by atoms with Crippen LogP contribution in [0.1, 0.15) is 12.0 Å². The molecule has 126 valence electrons. The molecule has 0 fully saturated rings. The standard InChI is InChI=1S/C17H16F2N2O3/c1-10-3-6-15(24-2)14(7-10)21-17(23)9-16(22)20-11-4-5-12(18)13(19)8-11/h3-8H,9H2,1-2H3,(H,20,22)(H,21,23). The lowest BCUT2D eigenvalue weighted by molar-refractivity contribution is -0.123. The summed E-state index contributed by atoms with van der Waals surface area (Å²) in [5.41, 5.74) is 1.43. The fraction of sp³-hybridized carbons (Fsp3) is 0.176. The Hall–Kier alpha value is -2.96. The van der Waals surface area contributed by atoms with Crippen LogP contribution in [0.25, 0.3) is 0 Å². The van der Waals surface area contributed by atoms with Gasteiger partial charge in [-0.2, -0.15) is 0 Å². The number of aryl methyl sites for hydroxylation is 1. The second kappa shape index (κ2) is 7.54. The van der Waals surface area contributed by atoms with Crippen LogP contribution in [0.15, 0.2) is 36.4 Å². The van der Waals surface area contributed by atoms with E-state index in [1.165, 1.54) is 13.2 Å². The zero-order valence-corrected chi connectivity index (χ0v) is 13.2. The molecule has 0 aromatic heterocycles. The zero-order valence-electron chi connectivity index (χ0n) is 13.2. The predicted octanol–water partition coefficient (Wildman–Crippen LogP) is 3.25. The largest absolute Gasteiger partial charge is 0.495 e. The predicted molar refractivity (Wildman–Crippen MR) is 86.0 cm³/mol. The third-order valence-electron chi connectivity index (χ3n) is 3.15. The molecule has 2 N–H and O–H groups in total. The van der Waals surface area contributed by atoms with E-state index in [4.69, 9.17) is 4.74 Å². The van der Waals surface area contributed by atoms with Crippen LogP contribution in [0.3, 0.4) is 0 Å². The van der Waals surface area contributed by atoms with Crippen molar-refractivity contribution in [3.05, 3.63) is 53.6 Å². The average molecular weight is 334 g/mol. The van der Waals surface area contributed by atoms with Gasteiger partial charge >= 0.3 is 0 Å². The minimum Gasteiger partial charge on any atom is -0.495 e. The monoisotopic (exact) mass is 334 g/mol. The van der Waals surface area contributed by atoms with Crippen LogP contribution in [0.5, 0.6) is 5.75 Å². The number of methoxy groups -OCH3 is 1. The number of carbonyl (C=O) groups is 2. The molecule has 0 saturated heterocycles. The number of anilines is 2. The van der Waals surface area contributed by atoms with Gasteiger partial charge in [-0.05, 0) is 36.8 Å². The summed E-state index contributed by atoms with van der Waals surface area (Å²) in [6, 6.07) is 8.18. The Labute approximate surface area is 137 Å². The first-order valence-corrected chi connectivity index (χ1v) is 7.08. The summed E-state index contributed by atoms with van der Waals surface area (Å²) < 4.78 is 31.0. The number of carbonyl (C=O) groups excluding carboxylic acids is 2. The van der Waals surface area contributed by atoms with Crippen molar-refractivity contribution < 1.29 is 23.1 Å². The van der Waals surface area contributed by atoms with Crippen LogP contribution in [0, 0.1) is 18.6 Å². The number of hydrogen-bond donors (Lipinski definition) is 2. The molecule has 0 spiro atoms. The quantitative estimate of drug-likeness (QED) is 0.825. The molecule has 0 bridgehead atoms. The smallest absolute Gasteiger partial charge is 0.233 e. The maximum atomic E-state index is 13.1. The van der Waals surface area contributed by atoms with Gasteiger partial charge < -0.3 is 15.4 Å². The molecule has 0 unspecified atom stereocenters. The summed E-state index contributed by atoms with van der Waals surface area (Å²) in [7, 11) is 1.47. The minimum atomic E-state index is -1.08. The second-order valence-electron chi connectivity index (χ2n) is 5.11. The summed E-state index contributed by atoms with van der Waals surface area (Å²) in [6.45, 7) is 1.85. The minimum absolute atomic E-state index is 0.0693. The molecule has 0 aliphatic heterocycles. The summed E-state index contributed by atoms with van der Waals surface area (Å²) in [5, 5.41) is 4.91. The zero-order chi connectivity index (χ0) is 17.7. The summed E-state index contributed by atoms with van der Waals surface area (Å²) in [6.07, 6.45) is -0.476. The average Bonchev–Trinajstić information content (AvgIpc) is 2.51. The number of amides is 2. The highest BCUT2D eigenvalue weighted by molar-refractivity contribution is 6.08. The number of hydrogen-bond acceptors (Lipinski definition) is 3. The van der Waals surface area contributed by atoms with Crippen LogP contribution in [-0.4, -0.2) is 18.9 Å². The van der Waals surface area contributed by atoms with Gasteiger partial charge in [0.15, 0.2) is 11.6 Å². The topological polar surface area (TPSA) is 67.4 Å². The highest BCUT2D eigenvalue weighted by Gasteiger charge is 2.13. The van der Waals surface area contributed by atoms with Crippen LogP contribution in [-0.2, 0) is 9.59 Å². The molecule has 5 nitrogen and oxygen atoms in total. The fourth-order valence-corrected chi connectivity index (χ4v) is 2.04. The van der Waals surface area contributed by atoms with E-state index in [9.17, 15) is 18.4 Å². The molecule has 2 rings (SSSR count). The molecule has 2 amide bonds. The maximum absolute atomic E-state index is 13.1. The number of benzene rings is 2. The van der Waals surface area contributed by atoms with Crippen molar-refractivity contribution in [2.24, 2.45) is 0 Å². The molecule has 0 aliphatic carbocycles. The Kier molecular flexibility index (Phi) is 5.47. The van der Waals surface area contributed by atoms with Crippen molar-refractivity contribution >= 4 is 23.2 Å². The maximum Gasteiger partial charge on any atom is 0.233 e.